The molecule has 4 heteroatoms. The van der Waals surface area contributed by atoms with E-state index in [9.17, 15) is 0 Å². The van der Waals surface area contributed by atoms with Gasteiger partial charge in [0, 0.05) is 29.9 Å². The SMILES string of the molecule is CCN(CC)c1ccc(-c2cc(-c3ccccc3OC)nc(-c3ccccc3OC)c2)cc1. The van der Waals surface area contributed by atoms with Crippen LogP contribution in [-0.4, -0.2) is 32.3 Å². The molecule has 0 amide bonds. The number of pyridine rings is 1. The maximum Gasteiger partial charge on any atom is 0.128 e. The molecule has 0 saturated heterocycles. The first-order chi connectivity index (χ1) is 16.2. The van der Waals surface area contributed by atoms with Crippen LogP contribution in [0.5, 0.6) is 11.5 Å². The molecule has 0 atom stereocenters. The van der Waals surface area contributed by atoms with Gasteiger partial charge in [-0.3, -0.25) is 0 Å². The molecule has 0 aliphatic carbocycles. The van der Waals surface area contributed by atoms with E-state index in [0.29, 0.717) is 0 Å². The lowest BCUT2D eigenvalue weighted by Crippen LogP contribution is -2.21. The molecule has 0 saturated carbocycles. The Morgan fingerprint density at radius 1 is 0.636 bits per heavy atom. The minimum Gasteiger partial charge on any atom is -0.496 e. The van der Waals surface area contributed by atoms with Crippen molar-refractivity contribution in [3.05, 3.63) is 84.9 Å². The van der Waals surface area contributed by atoms with Crippen LogP contribution in [0.25, 0.3) is 33.6 Å². The third-order valence-electron chi connectivity index (χ3n) is 5.92. The van der Waals surface area contributed by atoms with Crippen molar-refractivity contribution in [2.75, 3.05) is 32.2 Å². The first-order valence-corrected chi connectivity index (χ1v) is 11.3. The summed E-state index contributed by atoms with van der Waals surface area (Å²) in [5.74, 6) is 1.59. The van der Waals surface area contributed by atoms with Crippen molar-refractivity contribution in [1.29, 1.82) is 0 Å². The van der Waals surface area contributed by atoms with Crippen LogP contribution in [0.4, 0.5) is 5.69 Å². The second kappa shape index (κ2) is 10.2. The van der Waals surface area contributed by atoms with Crippen LogP contribution in [0.2, 0.25) is 0 Å². The number of anilines is 1. The summed E-state index contributed by atoms with van der Waals surface area (Å²) >= 11 is 0. The van der Waals surface area contributed by atoms with Crippen molar-refractivity contribution < 1.29 is 9.47 Å². The first-order valence-electron chi connectivity index (χ1n) is 11.3. The van der Waals surface area contributed by atoms with Crippen molar-refractivity contribution in [2.45, 2.75) is 13.8 Å². The Morgan fingerprint density at radius 3 is 1.58 bits per heavy atom. The molecule has 0 fully saturated rings. The van der Waals surface area contributed by atoms with Crippen LogP contribution in [0.15, 0.2) is 84.9 Å². The molecule has 0 aliphatic rings. The van der Waals surface area contributed by atoms with Crippen molar-refractivity contribution in [3.8, 4) is 45.1 Å². The summed E-state index contributed by atoms with van der Waals surface area (Å²) in [6, 6.07) is 29.0. The van der Waals surface area contributed by atoms with Crippen molar-refractivity contribution in [3.63, 3.8) is 0 Å². The Kier molecular flexibility index (Phi) is 6.94. The number of hydrogen-bond donors (Lipinski definition) is 0. The van der Waals surface area contributed by atoms with E-state index in [0.717, 1.165) is 58.2 Å². The van der Waals surface area contributed by atoms with E-state index >= 15 is 0 Å². The molecule has 0 spiro atoms. The number of hydrogen-bond acceptors (Lipinski definition) is 4. The molecule has 4 rings (SSSR count). The maximum absolute atomic E-state index is 5.63. The lowest BCUT2D eigenvalue weighted by molar-refractivity contribution is 0.416. The van der Waals surface area contributed by atoms with E-state index in [1.165, 1.54) is 5.69 Å². The maximum atomic E-state index is 5.63. The summed E-state index contributed by atoms with van der Waals surface area (Å²) in [5.41, 5.74) is 7.10. The van der Waals surface area contributed by atoms with Gasteiger partial charge in [-0.2, -0.15) is 0 Å². The highest BCUT2D eigenvalue weighted by Gasteiger charge is 2.14. The van der Waals surface area contributed by atoms with E-state index < -0.39 is 0 Å². The smallest absolute Gasteiger partial charge is 0.128 e. The fourth-order valence-corrected chi connectivity index (χ4v) is 4.14. The molecule has 0 bridgehead atoms. The molecule has 3 aromatic carbocycles. The van der Waals surface area contributed by atoms with E-state index in [2.05, 4.69) is 55.1 Å². The van der Waals surface area contributed by atoms with E-state index in [1.807, 2.05) is 48.5 Å². The van der Waals surface area contributed by atoms with Gasteiger partial charge in [0.15, 0.2) is 0 Å². The lowest BCUT2D eigenvalue weighted by Gasteiger charge is -2.21. The highest BCUT2D eigenvalue weighted by molar-refractivity contribution is 5.80. The fraction of sp³-hybridized carbons (Fsp3) is 0.207. The normalized spacial score (nSPS) is 10.7. The topological polar surface area (TPSA) is 34.6 Å². The van der Waals surface area contributed by atoms with E-state index in [-0.39, 0.29) is 0 Å². The molecule has 1 aromatic heterocycles. The van der Waals surface area contributed by atoms with Gasteiger partial charge in [-0.15, -0.1) is 0 Å². The Bertz CT molecular complexity index is 1150. The minimum absolute atomic E-state index is 0.796. The van der Waals surface area contributed by atoms with Gasteiger partial charge < -0.3 is 14.4 Å². The zero-order chi connectivity index (χ0) is 23.2. The summed E-state index contributed by atoms with van der Waals surface area (Å²) in [6.45, 7) is 6.33. The van der Waals surface area contributed by atoms with Crippen LogP contribution in [0.1, 0.15) is 13.8 Å². The van der Waals surface area contributed by atoms with Gasteiger partial charge >= 0.3 is 0 Å². The molecular weight excluding hydrogens is 408 g/mol. The fourth-order valence-electron chi connectivity index (χ4n) is 4.14. The van der Waals surface area contributed by atoms with E-state index in [4.69, 9.17) is 14.5 Å². The van der Waals surface area contributed by atoms with Crippen LogP contribution in [0.3, 0.4) is 0 Å². The molecule has 1 heterocycles. The third kappa shape index (κ3) is 4.70. The number of aromatic nitrogens is 1. The molecule has 0 unspecified atom stereocenters. The number of methoxy groups -OCH3 is 2. The average molecular weight is 439 g/mol. The summed E-state index contributed by atoms with van der Waals surface area (Å²) in [5, 5.41) is 0. The van der Waals surface area contributed by atoms with Crippen LogP contribution in [-0.2, 0) is 0 Å². The standard InChI is InChI=1S/C29H30N2O2/c1-5-31(6-2)23-17-15-21(16-18-23)22-19-26(24-11-7-9-13-28(24)32-3)30-27(20-22)25-12-8-10-14-29(25)33-4/h7-20H,5-6H2,1-4H3. The largest absolute Gasteiger partial charge is 0.496 e. The highest BCUT2D eigenvalue weighted by atomic mass is 16.5. The summed E-state index contributed by atoms with van der Waals surface area (Å²) in [4.78, 5) is 7.36. The van der Waals surface area contributed by atoms with Gasteiger partial charge in [-0.1, -0.05) is 36.4 Å². The van der Waals surface area contributed by atoms with Crippen molar-refractivity contribution in [2.24, 2.45) is 0 Å². The van der Waals surface area contributed by atoms with Gasteiger partial charge in [-0.25, -0.2) is 4.98 Å². The average Bonchev–Trinajstić information content (AvgIpc) is 2.89. The molecule has 0 aliphatic heterocycles. The molecule has 4 nitrogen and oxygen atoms in total. The molecule has 4 aromatic rings. The Hall–Kier alpha value is -3.79. The number of ether oxygens (including phenoxy) is 2. The summed E-state index contributed by atoms with van der Waals surface area (Å²) in [6.07, 6.45) is 0. The number of para-hydroxylation sites is 2. The predicted molar refractivity (Wildman–Crippen MR) is 137 cm³/mol. The van der Waals surface area contributed by atoms with Crippen molar-refractivity contribution in [1.82, 2.24) is 4.98 Å². The Morgan fingerprint density at radius 2 is 1.12 bits per heavy atom. The third-order valence-corrected chi connectivity index (χ3v) is 5.92. The molecular formula is C29H30N2O2. The number of nitrogens with zero attached hydrogens (tertiary/aromatic N) is 2. The number of benzene rings is 3. The van der Waals surface area contributed by atoms with Crippen LogP contribution < -0.4 is 14.4 Å². The molecule has 0 N–H and O–H groups in total. The molecule has 33 heavy (non-hydrogen) atoms. The second-order valence-electron chi connectivity index (χ2n) is 7.75. The molecule has 168 valence electrons. The van der Waals surface area contributed by atoms with Gasteiger partial charge in [0.05, 0.1) is 25.6 Å². The summed E-state index contributed by atoms with van der Waals surface area (Å²) in [7, 11) is 3.38. The van der Waals surface area contributed by atoms with Crippen molar-refractivity contribution >= 4 is 5.69 Å². The van der Waals surface area contributed by atoms with E-state index in [1.54, 1.807) is 14.2 Å². The Balaban J connectivity index is 1.88. The quantitative estimate of drug-likeness (QED) is 0.298. The zero-order valence-electron chi connectivity index (χ0n) is 19.7. The first kappa shape index (κ1) is 22.4. The summed E-state index contributed by atoms with van der Waals surface area (Å²) < 4.78 is 11.3. The van der Waals surface area contributed by atoms with Crippen LogP contribution >= 0.6 is 0 Å². The monoisotopic (exact) mass is 438 g/mol. The van der Waals surface area contributed by atoms with Crippen LogP contribution in [0, 0.1) is 0 Å². The minimum atomic E-state index is 0.796. The Labute approximate surface area is 196 Å². The second-order valence-corrected chi connectivity index (χ2v) is 7.75. The predicted octanol–water partition coefficient (Wildman–Crippen LogP) is 6.95. The highest BCUT2D eigenvalue weighted by Crippen LogP contribution is 2.37. The number of rotatable bonds is 8. The van der Waals surface area contributed by atoms with Gasteiger partial charge in [0.2, 0.25) is 0 Å². The van der Waals surface area contributed by atoms with Gasteiger partial charge in [0.25, 0.3) is 0 Å². The zero-order valence-corrected chi connectivity index (χ0v) is 19.7. The van der Waals surface area contributed by atoms with Gasteiger partial charge in [0.1, 0.15) is 11.5 Å². The molecule has 0 radical (unpaired) electrons. The lowest BCUT2D eigenvalue weighted by atomic mass is 9.99. The van der Waals surface area contributed by atoms with Gasteiger partial charge in [-0.05, 0) is 73.5 Å².